The molecule has 7 heteroatoms. The van der Waals surface area contributed by atoms with Crippen molar-refractivity contribution < 1.29 is 13.7 Å². The smallest absolute Gasteiger partial charge is 0.262 e. The van der Waals surface area contributed by atoms with E-state index in [1.807, 2.05) is 0 Å². The van der Waals surface area contributed by atoms with Crippen LogP contribution in [0.25, 0.3) is 11.3 Å². The number of benzene rings is 1. The zero-order chi connectivity index (χ0) is 19.7. The van der Waals surface area contributed by atoms with E-state index in [-0.39, 0.29) is 11.7 Å². The van der Waals surface area contributed by atoms with Gasteiger partial charge in [-0.25, -0.2) is 4.39 Å². The highest BCUT2D eigenvalue weighted by Crippen LogP contribution is 2.37. The van der Waals surface area contributed by atoms with Gasteiger partial charge in [-0.3, -0.25) is 4.79 Å². The predicted octanol–water partition coefficient (Wildman–Crippen LogP) is 5.24. The van der Waals surface area contributed by atoms with Crippen LogP contribution in [-0.2, 0) is 12.8 Å². The maximum Gasteiger partial charge on any atom is 0.262 e. The van der Waals surface area contributed by atoms with Gasteiger partial charge in [0.05, 0.1) is 5.56 Å². The molecule has 3 aromatic rings. The third kappa shape index (κ3) is 3.32. The van der Waals surface area contributed by atoms with Gasteiger partial charge in [-0.1, -0.05) is 11.6 Å². The van der Waals surface area contributed by atoms with Crippen LogP contribution in [0.1, 0.15) is 51.4 Å². The highest BCUT2D eigenvalue weighted by atomic mass is 32.1. The topological polar surface area (TPSA) is 78.9 Å². The normalized spacial score (nSPS) is 13.5. The number of thiophene rings is 1. The van der Waals surface area contributed by atoms with Crippen molar-refractivity contribution in [1.82, 2.24) is 5.16 Å². The fraction of sp³-hybridized carbons (Fsp3) is 0.286. The van der Waals surface area contributed by atoms with Crippen molar-refractivity contribution in [2.45, 2.75) is 39.0 Å². The van der Waals surface area contributed by atoms with E-state index in [1.54, 1.807) is 19.1 Å². The molecule has 0 radical (unpaired) electrons. The number of nitrogens with zero attached hydrogens (tertiary/aromatic N) is 2. The van der Waals surface area contributed by atoms with Gasteiger partial charge in [0.2, 0.25) is 0 Å². The summed E-state index contributed by atoms with van der Waals surface area (Å²) >= 11 is 1.48. The molecule has 142 valence electrons. The molecular weight excluding hydrogens is 377 g/mol. The van der Waals surface area contributed by atoms with E-state index in [9.17, 15) is 14.4 Å². The third-order valence-electron chi connectivity index (χ3n) is 4.97. The lowest BCUT2D eigenvalue weighted by Gasteiger charge is -2.05. The highest BCUT2D eigenvalue weighted by Gasteiger charge is 2.25. The molecule has 1 aliphatic carbocycles. The number of aryl methyl sites for hydroxylation is 2. The number of carbonyl (C=O) groups excluding carboxylic acids is 1. The van der Waals surface area contributed by atoms with E-state index in [2.05, 4.69) is 16.5 Å². The van der Waals surface area contributed by atoms with Gasteiger partial charge >= 0.3 is 0 Å². The minimum absolute atomic E-state index is 0.291. The van der Waals surface area contributed by atoms with Gasteiger partial charge in [0, 0.05) is 10.4 Å². The summed E-state index contributed by atoms with van der Waals surface area (Å²) in [5.74, 6) is -0.381. The standard InChI is InChI=1S/C21H18FN3O2S/c1-12-18(19(25-27-12)13-7-9-14(22)10-8-13)20(26)24-21-16(11-23)15-5-3-2-4-6-17(15)28-21/h7-10H,2-6H2,1H3,(H,24,26). The number of hydrogen-bond acceptors (Lipinski definition) is 5. The molecule has 0 saturated heterocycles. The number of carbonyl (C=O) groups is 1. The number of aromatic nitrogens is 1. The van der Waals surface area contributed by atoms with Crippen LogP contribution < -0.4 is 5.32 Å². The molecule has 4 rings (SSSR count). The van der Waals surface area contributed by atoms with Crippen LogP contribution in [0.2, 0.25) is 0 Å². The van der Waals surface area contributed by atoms with E-state index in [4.69, 9.17) is 4.52 Å². The first kappa shape index (κ1) is 18.4. The number of hydrogen-bond donors (Lipinski definition) is 1. The van der Waals surface area contributed by atoms with Crippen molar-refractivity contribution in [2.24, 2.45) is 0 Å². The molecular formula is C21H18FN3O2S. The lowest BCUT2D eigenvalue weighted by atomic mass is 10.0. The molecule has 0 bridgehead atoms. The number of nitrogens with one attached hydrogen (secondary N) is 1. The summed E-state index contributed by atoms with van der Waals surface area (Å²) in [5.41, 5.74) is 2.87. The summed E-state index contributed by atoms with van der Waals surface area (Å²) in [5, 5.41) is 17.1. The molecule has 0 atom stereocenters. The Labute approximate surface area is 165 Å². The van der Waals surface area contributed by atoms with Crippen molar-refractivity contribution in [2.75, 3.05) is 5.32 Å². The third-order valence-corrected chi connectivity index (χ3v) is 6.17. The molecule has 2 aromatic heterocycles. The molecule has 0 saturated carbocycles. The van der Waals surface area contributed by atoms with Crippen LogP contribution in [0.4, 0.5) is 9.39 Å². The molecule has 0 aliphatic heterocycles. The Balaban J connectivity index is 1.68. The second-order valence-corrected chi connectivity index (χ2v) is 7.91. The van der Waals surface area contributed by atoms with Crippen LogP contribution in [0.3, 0.4) is 0 Å². The number of fused-ring (bicyclic) bond motifs is 1. The molecule has 2 heterocycles. The fourth-order valence-electron chi connectivity index (χ4n) is 3.56. The van der Waals surface area contributed by atoms with E-state index in [0.717, 1.165) is 37.7 Å². The van der Waals surface area contributed by atoms with Crippen molar-refractivity contribution in [3.05, 3.63) is 57.4 Å². The lowest BCUT2D eigenvalue weighted by molar-refractivity contribution is 0.102. The first-order chi connectivity index (χ1) is 13.6. The highest BCUT2D eigenvalue weighted by molar-refractivity contribution is 7.16. The maximum absolute atomic E-state index is 13.2. The summed E-state index contributed by atoms with van der Waals surface area (Å²) in [7, 11) is 0. The molecule has 0 spiro atoms. The minimum Gasteiger partial charge on any atom is -0.360 e. The largest absolute Gasteiger partial charge is 0.360 e. The monoisotopic (exact) mass is 395 g/mol. The van der Waals surface area contributed by atoms with Crippen molar-refractivity contribution >= 4 is 22.2 Å². The van der Waals surface area contributed by atoms with Crippen LogP contribution >= 0.6 is 11.3 Å². The van der Waals surface area contributed by atoms with Crippen LogP contribution in [0, 0.1) is 24.1 Å². The number of anilines is 1. The first-order valence-electron chi connectivity index (χ1n) is 9.16. The van der Waals surface area contributed by atoms with E-state index < -0.39 is 0 Å². The second-order valence-electron chi connectivity index (χ2n) is 6.80. The number of halogens is 1. The molecule has 28 heavy (non-hydrogen) atoms. The summed E-state index contributed by atoms with van der Waals surface area (Å²) in [4.78, 5) is 14.2. The average Bonchev–Trinajstić information content (AvgIpc) is 3.13. The molecule has 1 amide bonds. The van der Waals surface area contributed by atoms with Crippen LogP contribution in [0.15, 0.2) is 28.8 Å². The second kappa shape index (κ2) is 7.56. The quantitative estimate of drug-likeness (QED) is 0.615. The van der Waals surface area contributed by atoms with Gasteiger partial charge in [-0.05, 0) is 62.4 Å². The van der Waals surface area contributed by atoms with Gasteiger partial charge in [0.15, 0.2) is 0 Å². The zero-order valence-corrected chi connectivity index (χ0v) is 16.2. The molecule has 1 aromatic carbocycles. The van der Waals surface area contributed by atoms with E-state index in [0.29, 0.717) is 33.1 Å². The van der Waals surface area contributed by atoms with Gasteiger partial charge in [0.1, 0.15) is 33.9 Å². The molecule has 1 N–H and O–H groups in total. The van der Waals surface area contributed by atoms with Gasteiger partial charge in [0.25, 0.3) is 5.91 Å². The van der Waals surface area contributed by atoms with Gasteiger partial charge in [-0.2, -0.15) is 5.26 Å². The predicted molar refractivity (Wildman–Crippen MR) is 105 cm³/mol. The Kier molecular flexibility index (Phi) is 4.97. The molecule has 5 nitrogen and oxygen atoms in total. The van der Waals surface area contributed by atoms with Gasteiger partial charge in [-0.15, -0.1) is 11.3 Å². The number of rotatable bonds is 3. The summed E-state index contributed by atoms with van der Waals surface area (Å²) in [6.07, 6.45) is 5.14. The number of amides is 1. The Morgan fingerprint density at radius 1 is 1.25 bits per heavy atom. The Bertz CT molecular complexity index is 1080. The van der Waals surface area contributed by atoms with Crippen molar-refractivity contribution in [3.8, 4) is 17.3 Å². The Morgan fingerprint density at radius 2 is 2.00 bits per heavy atom. The molecule has 0 fully saturated rings. The summed E-state index contributed by atoms with van der Waals surface area (Å²) < 4.78 is 18.5. The van der Waals surface area contributed by atoms with Crippen molar-refractivity contribution in [3.63, 3.8) is 0 Å². The minimum atomic E-state index is -0.383. The average molecular weight is 395 g/mol. The maximum atomic E-state index is 13.2. The SMILES string of the molecule is Cc1onc(-c2ccc(F)cc2)c1C(=O)Nc1sc2c(c1C#N)CCCCC2. The number of nitriles is 1. The van der Waals surface area contributed by atoms with E-state index >= 15 is 0 Å². The first-order valence-corrected chi connectivity index (χ1v) is 9.98. The Hall–Kier alpha value is -2.98. The fourth-order valence-corrected chi connectivity index (χ4v) is 4.79. The summed E-state index contributed by atoms with van der Waals surface area (Å²) in [6.45, 7) is 1.66. The molecule has 0 unspecified atom stereocenters. The Morgan fingerprint density at radius 3 is 2.75 bits per heavy atom. The lowest BCUT2D eigenvalue weighted by Crippen LogP contribution is -2.13. The zero-order valence-electron chi connectivity index (χ0n) is 15.3. The molecule has 1 aliphatic rings. The summed E-state index contributed by atoms with van der Waals surface area (Å²) in [6, 6.07) is 7.99. The van der Waals surface area contributed by atoms with Crippen LogP contribution in [-0.4, -0.2) is 11.1 Å². The van der Waals surface area contributed by atoms with Crippen LogP contribution in [0.5, 0.6) is 0 Å². The van der Waals surface area contributed by atoms with Gasteiger partial charge < -0.3 is 9.84 Å². The van der Waals surface area contributed by atoms with Crippen molar-refractivity contribution in [1.29, 1.82) is 5.26 Å². The van der Waals surface area contributed by atoms with E-state index in [1.165, 1.54) is 28.3 Å².